The molecule has 0 spiro atoms. The monoisotopic (exact) mass is 282 g/mol. The second kappa shape index (κ2) is 7.37. The summed E-state index contributed by atoms with van der Waals surface area (Å²) in [4.78, 5) is 0. The van der Waals surface area contributed by atoms with E-state index in [0.717, 1.165) is 19.6 Å². The van der Waals surface area contributed by atoms with Crippen molar-refractivity contribution in [2.45, 2.75) is 12.8 Å². The van der Waals surface area contributed by atoms with E-state index >= 15 is 0 Å². The van der Waals surface area contributed by atoms with Crippen LogP contribution >= 0.6 is 11.6 Å². The normalized spacial score (nSPS) is 17.9. The Morgan fingerprint density at radius 2 is 2.37 bits per heavy atom. The Hall–Kier alpha value is -1.24. The third-order valence-corrected chi connectivity index (χ3v) is 3.07. The quantitative estimate of drug-likeness (QED) is 0.624. The first-order chi connectivity index (χ1) is 9.29. The van der Waals surface area contributed by atoms with Crippen molar-refractivity contribution in [3.8, 4) is 17.6 Å². The van der Waals surface area contributed by atoms with Crippen molar-refractivity contribution in [3.05, 3.63) is 29.6 Å². The predicted octanol–water partition coefficient (Wildman–Crippen LogP) is 3.22. The minimum atomic E-state index is -0.313. The highest BCUT2D eigenvalue weighted by Crippen LogP contribution is 2.21. The van der Waals surface area contributed by atoms with Crippen LogP contribution in [0, 0.1) is 23.6 Å². The van der Waals surface area contributed by atoms with Gasteiger partial charge in [0.1, 0.15) is 11.6 Å². The third kappa shape index (κ3) is 4.41. The highest BCUT2D eigenvalue weighted by molar-refractivity contribution is 6.18. The first-order valence-corrected chi connectivity index (χ1v) is 6.88. The van der Waals surface area contributed by atoms with Crippen LogP contribution in [0.5, 0.6) is 5.75 Å². The first-order valence-electron chi connectivity index (χ1n) is 6.34. The van der Waals surface area contributed by atoms with Crippen LogP contribution < -0.4 is 4.74 Å². The van der Waals surface area contributed by atoms with Crippen molar-refractivity contribution in [1.82, 2.24) is 0 Å². The van der Waals surface area contributed by atoms with Gasteiger partial charge in [0, 0.05) is 24.8 Å². The van der Waals surface area contributed by atoms with Gasteiger partial charge < -0.3 is 9.47 Å². The molecule has 1 aromatic carbocycles. The second-order valence-corrected chi connectivity index (χ2v) is 4.80. The molecule has 2 nitrogen and oxygen atoms in total. The highest BCUT2D eigenvalue weighted by Gasteiger charge is 2.16. The Morgan fingerprint density at radius 3 is 3.11 bits per heavy atom. The fraction of sp³-hybridized carbons (Fsp3) is 0.467. The summed E-state index contributed by atoms with van der Waals surface area (Å²) in [5.74, 6) is 6.98. The number of halogens is 2. The van der Waals surface area contributed by atoms with Crippen LogP contribution in [0.1, 0.15) is 18.4 Å². The molecule has 19 heavy (non-hydrogen) atoms. The molecule has 0 aliphatic carbocycles. The Kier molecular flexibility index (Phi) is 5.50. The average Bonchev–Trinajstić information content (AvgIpc) is 2.91. The van der Waals surface area contributed by atoms with E-state index in [0.29, 0.717) is 36.1 Å². The molecule has 0 aromatic heterocycles. The number of alkyl halides is 1. The Morgan fingerprint density at radius 1 is 1.47 bits per heavy atom. The Labute approximate surface area is 117 Å². The summed E-state index contributed by atoms with van der Waals surface area (Å²) in [6.07, 6.45) is 1.59. The van der Waals surface area contributed by atoms with Gasteiger partial charge in [-0.05, 0) is 24.6 Å². The lowest BCUT2D eigenvalue weighted by atomic mass is 10.1. The van der Waals surface area contributed by atoms with Gasteiger partial charge >= 0.3 is 0 Å². The van der Waals surface area contributed by atoms with E-state index in [1.54, 1.807) is 6.07 Å². The zero-order valence-corrected chi connectivity index (χ0v) is 11.4. The summed E-state index contributed by atoms with van der Waals surface area (Å²) in [5.41, 5.74) is 0.573. The van der Waals surface area contributed by atoms with E-state index in [1.165, 1.54) is 12.1 Å². The molecule has 1 aliphatic heterocycles. The van der Waals surface area contributed by atoms with Gasteiger partial charge in [-0.25, -0.2) is 4.39 Å². The van der Waals surface area contributed by atoms with Gasteiger partial charge in [-0.3, -0.25) is 0 Å². The van der Waals surface area contributed by atoms with Crippen molar-refractivity contribution in [2.24, 2.45) is 5.92 Å². The highest BCUT2D eigenvalue weighted by atomic mass is 35.5. The molecule has 1 atom stereocenters. The number of ether oxygens (including phenoxy) is 2. The van der Waals surface area contributed by atoms with Crippen LogP contribution in [-0.2, 0) is 4.74 Å². The standard InChI is InChI=1S/C15H16ClFO2/c16-7-2-1-3-13-9-14(17)4-5-15(13)19-11-12-6-8-18-10-12/h4-5,9,12H,2,6-8,10-11H2. The maximum Gasteiger partial charge on any atom is 0.135 e. The topological polar surface area (TPSA) is 18.5 Å². The zero-order chi connectivity index (χ0) is 13.5. The molecule has 0 radical (unpaired) electrons. The molecule has 0 amide bonds. The van der Waals surface area contributed by atoms with Crippen molar-refractivity contribution in [3.63, 3.8) is 0 Å². The van der Waals surface area contributed by atoms with Crippen LogP contribution in [0.3, 0.4) is 0 Å². The van der Waals surface area contributed by atoms with E-state index in [9.17, 15) is 4.39 Å². The molecule has 0 bridgehead atoms. The molecule has 2 rings (SSSR count). The summed E-state index contributed by atoms with van der Waals surface area (Å²) < 4.78 is 24.2. The van der Waals surface area contributed by atoms with Crippen LogP contribution in [0.25, 0.3) is 0 Å². The van der Waals surface area contributed by atoms with E-state index in [2.05, 4.69) is 11.8 Å². The zero-order valence-electron chi connectivity index (χ0n) is 10.6. The molecule has 102 valence electrons. The van der Waals surface area contributed by atoms with Gasteiger partial charge in [0.25, 0.3) is 0 Å². The third-order valence-electron chi connectivity index (χ3n) is 2.88. The molecule has 1 heterocycles. The molecule has 1 aromatic rings. The maximum atomic E-state index is 13.2. The average molecular weight is 283 g/mol. The number of hydrogen-bond acceptors (Lipinski definition) is 2. The van der Waals surface area contributed by atoms with Gasteiger partial charge in [-0.15, -0.1) is 11.6 Å². The van der Waals surface area contributed by atoms with Gasteiger partial charge in [-0.2, -0.15) is 0 Å². The number of rotatable bonds is 4. The van der Waals surface area contributed by atoms with E-state index in [4.69, 9.17) is 21.1 Å². The van der Waals surface area contributed by atoms with Crippen molar-refractivity contribution in [2.75, 3.05) is 25.7 Å². The van der Waals surface area contributed by atoms with Gasteiger partial charge in [0.15, 0.2) is 0 Å². The maximum absolute atomic E-state index is 13.2. The largest absolute Gasteiger partial charge is 0.492 e. The minimum absolute atomic E-state index is 0.313. The van der Waals surface area contributed by atoms with Crippen molar-refractivity contribution < 1.29 is 13.9 Å². The SMILES string of the molecule is Fc1ccc(OCC2CCOC2)c(C#CCCCl)c1. The first kappa shape index (κ1) is 14.2. The summed E-state index contributed by atoms with van der Waals surface area (Å²) >= 11 is 5.56. The smallest absolute Gasteiger partial charge is 0.135 e. The van der Waals surface area contributed by atoms with Gasteiger partial charge in [-0.1, -0.05) is 11.8 Å². The van der Waals surface area contributed by atoms with Gasteiger partial charge in [0.2, 0.25) is 0 Å². The second-order valence-electron chi connectivity index (χ2n) is 4.42. The lowest BCUT2D eigenvalue weighted by Crippen LogP contribution is -2.12. The summed E-state index contributed by atoms with van der Waals surface area (Å²) in [5, 5.41) is 0. The van der Waals surface area contributed by atoms with Crippen LogP contribution in [0.2, 0.25) is 0 Å². The fourth-order valence-electron chi connectivity index (χ4n) is 1.85. The summed E-state index contributed by atoms with van der Waals surface area (Å²) in [7, 11) is 0. The van der Waals surface area contributed by atoms with E-state index in [-0.39, 0.29) is 5.82 Å². The molecular weight excluding hydrogens is 267 g/mol. The fourth-order valence-corrected chi connectivity index (χ4v) is 1.95. The van der Waals surface area contributed by atoms with Crippen molar-refractivity contribution in [1.29, 1.82) is 0 Å². The lowest BCUT2D eigenvalue weighted by molar-refractivity contribution is 0.167. The molecular formula is C15H16ClFO2. The summed E-state index contributed by atoms with van der Waals surface area (Å²) in [6.45, 7) is 2.10. The summed E-state index contributed by atoms with van der Waals surface area (Å²) in [6, 6.07) is 4.39. The molecule has 1 unspecified atom stereocenters. The van der Waals surface area contributed by atoms with Crippen LogP contribution in [0.4, 0.5) is 4.39 Å². The Balaban J connectivity index is 2.03. The van der Waals surface area contributed by atoms with E-state index < -0.39 is 0 Å². The van der Waals surface area contributed by atoms with Gasteiger partial charge in [0.05, 0.1) is 18.8 Å². The molecule has 4 heteroatoms. The Bertz CT molecular complexity index is 473. The molecule has 1 saturated heterocycles. The number of benzene rings is 1. The molecule has 1 aliphatic rings. The lowest BCUT2D eigenvalue weighted by Gasteiger charge is -2.11. The van der Waals surface area contributed by atoms with E-state index in [1.807, 2.05) is 0 Å². The van der Waals surface area contributed by atoms with Crippen LogP contribution in [0.15, 0.2) is 18.2 Å². The molecule has 1 fully saturated rings. The molecule has 0 saturated carbocycles. The van der Waals surface area contributed by atoms with Crippen molar-refractivity contribution >= 4 is 11.6 Å². The molecule has 0 N–H and O–H groups in total. The predicted molar refractivity (Wildman–Crippen MR) is 73.0 cm³/mol. The minimum Gasteiger partial charge on any atom is -0.492 e. The number of hydrogen-bond donors (Lipinski definition) is 0. The van der Waals surface area contributed by atoms with Crippen LogP contribution in [-0.4, -0.2) is 25.7 Å².